The van der Waals surface area contributed by atoms with Crippen LogP contribution in [0.5, 0.6) is 0 Å². The summed E-state index contributed by atoms with van der Waals surface area (Å²) in [5, 5.41) is 10.0. The molecule has 1 rings (SSSR count). The lowest BCUT2D eigenvalue weighted by atomic mass is 9.95. The molecule has 16 heavy (non-hydrogen) atoms. The van der Waals surface area contributed by atoms with Crippen LogP contribution in [0.4, 0.5) is 0 Å². The molecule has 0 saturated carbocycles. The van der Waals surface area contributed by atoms with Crippen molar-refractivity contribution in [2.45, 2.75) is 45.6 Å². The van der Waals surface area contributed by atoms with Gasteiger partial charge in [0.15, 0.2) is 0 Å². The third kappa shape index (κ3) is 4.67. The SMILES string of the molecule is CCCC(C)CC(O)Cc1ccccc1Br. The van der Waals surface area contributed by atoms with Gasteiger partial charge in [-0.15, -0.1) is 0 Å². The van der Waals surface area contributed by atoms with Gasteiger partial charge in [0.05, 0.1) is 6.10 Å². The van der Waals surface area contributed by atoms with E-state index in [1.165, 1.54) is 18.4 Å². The first kappa shape index (κ1) is 13.7. The number of benzene rings is 1. The van der Waals surface area contributed by atoms with Crippen molar-refractivity contribution >= 4 is 15.9 Å². The lowest BCUT2D eigenvalue weighted by Crippen LogP contribution is -2.15. The molecular weight excluding hydrogens is 264 g/mol. The lowest BCUT2D eigenvalue weighted by Gasteiger charge is -2.16. The Kier molecular flexibility index (Phi) is 6.07. The van der Waals surface area contributed by atoms with Gasteiger partial charge in [0.1, 0.15) is 0 Å². The van der Waals surface area contributed by atoms with Crippen LogP contribution < -0.4 is 0 Å². The van der Waals surface area contributed by atoms with E-state index >= 15 is 0 Å². The summed E-state index contributed by atoms with van der Waals surface area (Å²) in [6.07, 6.45) is 3.82. The van der Waals surface area contributed by atoms with Crippen molar-refractivity contribution in [3.8, 4) is 0 Å². The zero-order chi connectivity index (χ0) is 12.0. The Labute approximate surface area is 107 Å². The van der Waals surface area contributed by atoms with Gasteiger partial charge in [0.25, 0.3) is 0 Å². The standard InChI is InChI=1S/C14H21BrO/c1-3-6-11(2)9-13(16)10-12-7-4-5-8-14(12)15/h4-5,7-8,11,13,16H,3,6,9-10H2,1-2H3. The normalized spacial score (nSPS) is 14.8. The number of aliphatic hydroxyl groups excluding tert-OH is 1. The van der Waals surface area contributed by atoms with Crippen molar-refractivity contribution in [1.29, 1.82) is 0 Å². The summed E-state index contributed by atoms with van der Waals surface area (Å²) in [6, 6.07) is 8.11. The predicted molar refractivity (Wildman–Crippen MR) is 72.5 cm³/mol. The molecule has 90 valence electrons. The maximum atomic E-state index is 10.0. The average molecular weight is 285 g/mol. The van der Waals surface area contributed by atoms with Crippen LogP contribution in [-0.2, 0) is 6.42 Å². The Morgan fingerprint density at radius 1 is 1.31 bits per heavy atom. The molecule has 2 heteroatoms. The molecule has 0 fully saturated rings. The maximum absolute atomic E-state index is 10.0. The highest BCUT2D eigenvalue weighted by molar-refractivity contribution is 9.10. The Hall–Kier alpha value is -0.340. The second-order valence-electron chi connectivity index (χ2n) is 4.58. The van der Waals surface area contributed by atoms with Crippen LogP contribution in [-0.4, -0.2) is 11.2 Å². The Bertz CT molecular complexity index is 311. The smallest absolute Gasteiger partial charge is 0.0583 e. The third-order valence-electron chi connectivity index (χ3n) is 2.87. The van der Waals surface area contributed by atoms with E-state index in [0.717, 1.165) is 17.3 Å². The lowest BCUT2D eigenvalue weighted by molar-refractivity contribution is 0.143. The van der Waals surface area contributed by atoms with Gasteiger partial charge in [-0.25, -0.2) is 0 Å². The number of rotatable bonds is 6. The molecule has 1 N–H and O–H groups in total. The summed E-state index contributed by atoms with van der Waals surface area (Å²) in [6.45, 7) is 4.41. The van der Waals surface area contributed by atoms with Crippen molar-refractivity contribution in [3.05, 3.63) is 34.3 Å². The molecule has 1 aromatic rings. The van der Waals surface area contributed by atoms with E-state index in [4.69, 9.17) is 0 Å². The van der Waals surface area contributed by atoms with E-state index in [2.05, 4.69) is 35.8 Å². The van der Waals surface area contributed by atoms with Gasteiger partial charge in [-0.3, -0.25) is 0 Å². The number of hydrogen-bond acceptors (Lipinski definition) is 1. The number of hydrogen-bond donors (Lipinski definition) is 1. The largest absolute Gasteiger partial charge is 0.393 e. The summed E-state index contributed by atoms with van der Waals surface area (Å²) in [7, 11) is 0. The molecule has 0 saturated heterocycles. The minimum Gasteiger partial charge on any atom is -0.393 e. The summed E-state index contributed by atoms with van der Waals surface area (Å²) in [5.41, 5.74) is 1.19. The fraction of sp³-hybridized carbons (Fsp3) is 0.571. The minimum absolute atomic E-state index is 0.222. The fourth-order valence-corrected chi connectivity index (χ4v) is 2.52. The topological polar surface area (TPSA) is 20.2 Å². The van der Waals surface area contributed by atoms with Crippen molar-refractivity contribution in [2.75, 3.05) is 0 Å². The highest BCUT2D eigenvalue weighted by Crippen LogP contribution is 2.20. The van der Waals surface area contributed by atoms with Gasteiger partial charge in [0, 0.05) is 4.47 Å². The van der Waals surface area contributed by atoms with Crippen molar-refractivity contribution in [3.63, 3.8) is 0 Å². The molecular formula is C14H21BrO. The second-order valence-corrected chi connectivity index (χ2v) is 5.43. The van der Waals surface area contributed by atoms with Crippen LogP contribution in [0.1, 0.15) is 38.7 Å². The summed E-state index contributed by atoms with van der Waals surface area (Å²) >= 11 is 3.51. The van der Waals surface area contributed by atoms with Crippen molar-refractivity contribution < 1.29 is 5.11 Å². The zero-order valence-corrected chi connectivity index (χ0v) is 11.7. The Balaban J connectivity index is 2.45. The first-order chi connectivity index (χ1) is 7.63. The van der Waals surface area contributed by atoms with Gasteiger partial charge in [-0.2, -0.15) is 0 Å². The first-order valence-electron chi connectivity index (χ1n) is 6.05. The molecule has 0 aliphatic rings. The summed E-state index contributed by atoms with van der Waals surface area (Å²) in [5.74, 6) is 0.613. The van der Waals surface area contributed by atoms with Crippen molar-refractivity contribution in [2.24, 2.45) is 5.92 Å². The van der Waals surface area contributed by atoms with Crippen LogP contribution in [0.25, 0.3) is 0 Å². The van der Waals surface area contributed by atoms with Crippen LogP contribution in [0.15, 0.2) is 28.7 Å². The summed E-state index contributed by atoms with van der Waals surface area (Å²) in [4.78, 5) is 0. The predicted octanol–water partition coefficient (Wildman–Crippen LogP) is 4.18. The van der Waals surface area contributed by atoms with E-state index in [0.29, 0.717) is 5.92 Å². The molecule has 0 spiro atoms. The second kappa shape index (κ2) is 7.08. The van der Waals surface area contributed by atoms with Crippen molar-refractivity contribution in [1.82, 2.24) is 0 Å². The molecule has 1 aromatic carbocycles. The molecule has 0 heterocycles. The van der Waals surface area contributed by atoms with Crippen LogP contribution in [0, 0.1) is 5.92 Å². The van der Waals surface area contributed by atoms with E-state index in [-0.39, 0.29) is 6.10 Å². The van der Waals surface area contributed by atoms with Gasteiger partial charge in [-0.05, 0) is 30.4 Å². The molecule has 0 aromatic heterocycles. The quantitative estimate of drug-likeness (QED) is 0.831. The van der Waals surface area contributed by atoms with Gasteiger partial charge in [-0.1, -0.05) is 60.8 Å². The molecule has 0 bridgehead atoms. The number of aliphatic hydroxyl groups is 1. The minimum atomic E-state index is -0.222. The van der Waals surface area contributed by atoms with E-state index < -0.39 is 0 Å². The fourth-order valence-electron chi connectivity index (χ4n) is 2.08. The molecule has 0 aliphatic carbocycles. The Morgan fingerprint density at radius 2 is 2.00 bits per heavy atom. The van der Waals surface area contributed by atoms with Crippen LogP contribution in [0.3, 0.4) is 0 Å². The maximum Gasteiger partial charge on any atom is 0.0583 e. The van der Waals surface area contributed by atoms with Gasteiger partial charge < -0.3 is 5.11 Å². The third-order valence-corrected chi connectivity index (χ3v) is 3.64. The van der Waals surface area contributed by atoms with E-state index in [1.807, 2.05) is 18.2 Å². The highest BCUT2D eigenvalue weighted by Gasteiger charge is 2.11. The molecule has 0 aliphatic heterocycles. The van der Waals surface area contributed by atoms with Crippen LogP contribution in [0.2, 0.25) is 0 Å². The zero-order valence-electron chi connectivity index (χ0n) is 10.1. The first-order valence-corrected chi connectivity index (χ1v) is 6.84. The highest BCUT2D eigenvalue weighted by atomic mass is 79.9. The van der Waals surface area contributed by atoms with Gasteiger partial charge in [0.2, 0.25) is 0 Å². The van der Waals surface area contributed by atoms with Crippen LogP contribution >= 0.6 is 15.9 Å². The van der Waals surface area contributed by atoms with Gasteiger partial charge >= 0.3 is 0 Å². The van der Waals surface area contributed by atoms with E-state index in [9.17, 15) is 5.11 Å². The average Bonchev–Trinajstić information content (AvgIpc) is 2.21. The molecule has 0 radical (unpaired) electrons. The molecule has 2 atom stereocenters. The molecule has 1 nitrogen and oxygen atoms in total. The number of halogens is 1. The molecule has 0 amide bonds. The molecule has 2 unspecified atom stereocenters. The van der Waals surface area contributed by atoms with E-state index in [1.54, 1.807) is 0 Å². The summed E-state index contributed by atoms with van der Waals surface area (Å²) < 4.78 is 1.09. The monoisotopic (exact) mass is 284 g/mol. The Morgan fingerprint density at radius 3 is 2.62 bits per heavy atom.